The molecule has 2 aromatic rings. The van der Waals surface area contributed by atoms with E-state index in [4.69, 9.17) is 4.74 Å². The van der Waals surface area contributed by atoms with Gasteiger partial charge in [0, 0.05) is 6.07 Å². The van der Waals surface area contributed by atoms with E-state index in [1.54, 1.807) is 0 Å². The Labute approximate surface area is 127 Å². The number of halogens is 2. The predicted octanol–water partition coefficient (Wildman–Crippen LogP) is 3.34. The molecule has 0 fully saturated rings. The van der Waals surface area contributed by atoms with Crippen molar-refractivity contribution in [3.05, 3.63) is 53.6 Å². The van der Waals surface area contributed by atoms with Crippen LogP contribution < -0.4 is 9.46 Å². The first-order valence-corrected chi connectivity index (χ1v) is 8.00. The Bertz CT molecular complexity index is 791. The van der Waals surface area contributed by atoms with Crippen molar-refractivity contribution in [3.63, 3.8) is 0 Å². The molecule has 2 aromatic carbocycles. The standard InChI is InChI=1S/C15H15F2NO3S/c1-3-10-8-12(5-7-15(10)21-2)22(19,20)18-14-6-4-11(16)9-13(14)17/h4-9,18H,3H2,1-2H3. The second kappa shape index (κ2) is 6.31. The Morgan fingerprint density at radius 1 is 1.14 bits per heavy atom. The van der Waals surface area contributed by atoms with Crippen LogP contribution in [0.5, 0.6) is 5.75 Å². The van der Waals surface area contributed by atoms with Gasteiger partial charge in [-0.1, -0.05) is 6.92 Å². The maximum atomic E-state index is 13.6. The minimum atomic E-state index is -3.97. The Kier molecular flexibility index (Phi) is 4.65. The highest BCUT2D eigenvalue weighted by Gasteiger charge is 2.18. The molecule has 2 rings (SSSR count). The summed E-state index contributed by atoms with van der Waals surface area (Å²) in [5.41, 5.74) is 0.403. The van der Waals surface area contributed by atoms with Crippen molar-refractivity contribution >= 4 is 15.7 Å². The number of methoxy groups -OCH3 is 1. The van der Waals surface area contributed by atoms with E-state index in [2.05, 4.69) is 4.72 Å². The van der Waals surface area contributed by atoms with Crippen molar-refractivity contribution in [1.29, 1.82) is 0 Å². The molecule has 0 amide bonds. The average Bonchev–Trinajstić information content (AvgIpc) is 2.49. The lowest BCUT2D eigenvalue weighted by Crippen LogP contribution is -2.14. The monoisotopic (exact) mass is 327 g/mol. The van der Waals surface area contributed by atoms with E-state index < -0.39 is 21.7 Å². The molecule has 0 radical (unpaired) electrons. The van der Waals surface area contributed by atoms with Crippen LogP contribution in [-0.2, 0) is 16.4 Å². The number of anilines is 1. The fourth-order valence-electron chi connectivity index (χ4n) is 1.97. The quantitative estimate of drug-likeness (QED) is 0.916. The molecule has 0 aliphatic rings. The van der Waals surface area contributed by atoms with Crippen LogP contribution in [0.1, 0.15) is 12.5 Å². The van der Waals surface area contributed by atoms with Crippen LogP contribution in [-0.4, -0.2) is 15.5 Å². The van der Waals surface area contributed by atoms with Crippen LogP contribution >= 0.6 is 0 Å². The van der Waals surface area contributed by atoms with E-state index in [9.17, 15) is 17.2 Å². The van der Waals surface area contributed by atoms with Gasteiger partial charge in [-0.25, -0.2) is 17.2 Å². The van der Waals surface area contributed by atoms with Crippen LogP contribution in [0.4, 0.5) is 14.5 Å². The summed E-state index contributed by atoms with van der Waals surface area (Å²) in [7, 11) is -2.48. The number of aryl methyl sites for hydroxylation is 1. The zero-order valence-electron chi connectivity index (χ0n) is 12.1. The van der Waals surface area contributed by atoms with Gasteiger partial charge in [-0.05, 0) is 42.3 Å². The maximum Gasteiger partial charge on any atom is 0.262 e. The first kappa shape index (κ1) is 16.2. The fourth-order valence-corrected chi connectivity index (χ4v) is 3.09. The topological polar surface area (TPSA) is 55.4 Å². The summed E-state index contributed by atoms with van der Waals surface area (Å²) in [6, 6.07) is 6.99. The molecule has 0 saturated heterocycles. The molecule has 1 N–H and O–H groups in total. The van der Waals surface area contributed by atoms with Gasteiger partial charge in [-0.3, -0.25) is 4.72 Å². The SMILES string of the molecule is CCc1cc(S(=O)(=O)Nc2ccc(F)cc2F)ccc1OC. The van der Waals surface area contributed by atoms with Crippen molar-refractivity contribution in [1.82, 2.24) is 0 Å². The van der Waals surface area contributed by atoms with E-state index in [-0.39, 0.29) is 10.6 Å². The number of rotatable bonds is 5. The number of sulfonamides is 1. The van der Waals surface area contributed by atoms with Crippen LogP contribution in [0.3, 0.4) is 0 Å². The summed E-state index contributed by atoms with van der Waals surface area (Å²) in [5, 5.41) is 0. The largest absolute Gasteiger partial charge is 0.496 e. The van der Waals surface area contributed by atoms with Crippen molar-refractivity contribution in [2.24, 2.45) is 0 Å². The lowest BCUT2D eigenvalue weighted by atomic mass is 10.1. The molecule has 0 aliphatic heterocycles. The van der Waals surface area contributed by atoms with Crippen molar-refractivity contribution in [2.45, 2.75) is 18.2 Å². The molecule has 0 heterocycles. The molecule has 0 aliphatic carbocycles. The second-order valence-electron chi connectivity index (χ2n) is 4.56. The molecule has 0 aromatic heterocycles. The summed E-state index contributed by atoms with van der Waals surface area (Å²) < 4.78 is 58.3. The van der Waals surface area contributed by atoms with Crippen LogP contribution in [0.15, 0.2) is 41.3 Å². The van der Waals surface area contributed by atoms with Gasteiger partial charge in [-0.15, -0.1) is 0 Å². The first-order chi connectivity index (χ1) is 10.4. The number of benzene rings is 2. The zero-order valence-corrected chi connectivity index (χ0v) is 12.9. The molecule has 7 heteroatoms. The fraction of sp³-hybridized carbons (Fsp3) is 0.200. The minimum Gasteiger partial charge on any atom is -0.496 e. The highest BCUT2D eigenvalue weighted by molar-refractivity contribution is 7.92. The van der Waals surface area contributed by atoms with E-state index in [1.807, 2.05) is 6.92 Å². The summed E-state index contributed by atoms with van der Waals surface area (Å²) in [6.45, 7) is 1.86. The Hall–Kier alpha value is -2.15. The molecular weight excluding hydrogens is 312 g/mol. The van der Waals surface area contributed by atoms with E-state index in [0.717, 1.165) is 12.1 Å². The first-order valence-electron chi connectivity index (χ1n) is 6.52. The smallest absolute Gasteiger partial charge is 0.262 e. The summed E-state index contributed by atoms with van der Waals surface area (Å²) in [4.78, 5) is -0.0196. The summed E-state index contributed by atoms with van der Waals surface area (Å²) in [5.74, 6) is -1.18. The van der Waals surface area contributed by atoms with Crippen molar-refractivity contribution < 1.29 is 21.9 Å². The van der Waals surface area contributed by atoms with Crippen molar-refractivity contribution in [3.8, 4) is 5.75 Å². The normalized spacial score (nSPS) is 11.3. The predicted molar refractivity (Wildman–Crippen MR) is 79.5 cm³/mol. The number of nitrogens with one attached hydrogen (secondary N) is 1. The minimum absolute atomic E-state index is 0.0196. The van der Waals surface area contributed by atoms with Gasteiger partial charge in [0.05, 0.1) is 17.7 Å². The van der Waals surface area contributed by atoms with E-state index in [1.165, 1.54) is 25.3 Å². The summed E-state index contributed by atoms with van der Waals surface area (Å²) >= 11 is 0. The second-order valence-corrected chi connectivity index (χ2v) is 6.24. The van der Waals surface area contributed by atoms with Gasteiger partial charge in [0.25, 0.3) is 10.0 Å². The number of hydrogen-bond donors (Lipinski definition) is 1. The highest BCUT2D eigenvalue weighted by Crippen LogP contribution is 2.25. The Balaban J connectivity index is 2.38. The Morgan fingerprint density at radius 3 is 2.45 bits per heavy atom. The molecule has 22 heavy (non-hydrogen) atoms. The van der Waals surface area contributed by atoms with Crippen LogP contribution in [0, 0.1) is 11.6 Å². The van der Waals surface area contributed by atoms with Gasteiger partial charge in [-0.2, -0.15) is 0 Å². The van der Waals surface area contributed by atoms with E-state index in [0.29, 0.717) is 23.8 Å². The molecule has 4 nitrogen and oxygen atoms in total. The molecule has 0 saturated carbocycles. The highest BCUT2D eigenvalue weighted by atomic mass is 32.2. The van der Waals surface area contributed by atoms with Gasteiger partial charge < -0.3 is 4.74 Å². The Morgan fingerprint density at radius 2 is 1.86 bits per heavy atom. The third-order valence-electron chi connectivity index (χ3n) is 3.12. The lowest BCUT2D eigenvalue weighted by molar-refractivity contribution is 0.409. The maximum absolute atomic E-state index is 13.6. The van der Waals surface area contributed by atoms with Crippen LogP contribution in [0.25, 0.3) is 0 Å². The molecule has 118 valence electrons. The third kappa shape index (κ3) is 3.36. The molecule has 0 bridgehead atoms. The number of ether oxygens (including phenoxy) is 1. The zero-order chi connectivity index (χ0) is 16.3. The number of hydrogen-bond acceptors (Lipinski definition) is 3. The summed E-state index contributed by atoms with van der Waals surface area (Å²) in [6.07, 6.45) is 0.581. The molecular formula is C15H15F2NO3S. The lowest BCUT2D eigenvalue weighted by Gasteiger charge is -2.12. The van der Waals surface area contributed by atoms with Crippen molar-refractivity contribution in [2.75, 3.05) is 11.8 Å². The molecule has 0 unspecified atom stereocenters. The van der Waals surface area contributed by atoms with Gasteiger partial charge in [0.15, 0.2) is 0 Å². The third-order valence-corrected chi connectivity index (χ3v) is 4.48. The molecule has 0 atom stereocenters. The van der Waals surface area contributed by atoms with Gasteiger partial charge in [0.1, 0.15) is 17.4 Å². The molecule has 0 spiro atoms. The van der Waals surface area contributed by atoms with Crippen LogP contribution in [0.2, 0.25) is 0 Å². The average molecular weight is 327 g/mol. The van der Waals surface area contributed by atoms with Gasteiger partial charge >= 0.3 is 0 Å². The van der Waals surface area contributed by atoms with E-state index >= 15 is 0 Å². The van der Waals surface area contributed by atoms with Gasteiger partial charge in [0.2, 0.25) is 0 Å².